The molecule has 2 aliphatic heterocycles. The van der Waals surface area contributed by atoms with Gasteiger partial charge in [-0.15, -0.1) is 0 Å². The van der Waals surface area contributed by atoms with Crippen molar-refractivity contribution in [3.8, 4) is 0 Å². The van der Waals surface area contributed by atoms with Crippen LogP contribution >= 0.6 is 0 Å². The van der Waals surface area contributed by atoms with Crippen LogP contribution in [-0.2, 0) is 17.8 Å². The number of hydrogen-bond acceptors (Lipinski definition) is 2. The van der Waals surface area contributed by atoms with E-state index in [4.69, 9.17) is 0 Å². The van der Waals surface area contributed by atoms with Gasteiger partial charge in [-0.3, -0.25) is 9.59 Å². The number of quaternary nitrogens is 1. The van der Waals surface area contributed by atoms with Gasteiger partial charge in [0.2, 0.25) is 0 Å². The van der Waals surface area contributed by atoms with Crippen molar-refractivity contribution in [2.45, 2.75) is 25.9 Å². The fraction of sp³-hybridized carbons (Fsp3) is 0.391. The summed E-state index contributed by atoms with van der Waals surface area (Å²) in [5.41, 5.74) is 3.37. The second-order valence-electron chi connectivity index (χ2n) is 7.82. The lowest BCUT2D eigenvalue weighted by Gasteiger charge is -2.37. The Morgan fingerprint density at radius 2 is 1.50 bits per heavy atom. The molecule has 0 saturated carbocycles. The summed E-state index contributed by atoms with van der Waals surface area (Å²) in [5.74, 6) is 0.318. The smallest absolute Gasteiger partial charge is 0.280 e. The Bertz CT molecular complexity index is 844. The van der Waals surface area contributed by atoms with Crippen LogP contribution in [0.2, 0.25) is 0 Å². The molecule has 1 saturated heterocycles. The lowest BCUT2D eigenvalue weighted by atomic mass is 9.99. The van der Waals surface area contributed by atoms with E-state index in [2.05, 4.69) is 18.2 Å². The fourth-order valence-electron chi connectivity index (χ4n) is 4.33. The van der Waals surface area contributed by atoms with E-state index in [1.54, 1.807) is 0 Å². The molecule has 0 bridgehead atoms. The Kier molecular flexibility index (Phi) is 5.44. The highest BCUT2D eigenvalue weighted by molar-refractivity contribution is 5.94. The normalized spacial score (nSPS) is 18.5. The summed E-state index contributed by atoms with van der Waals surface area (Å²) in [6.45, 7) is 6.57. The molecule has 0 spiro atoms. The quantitative estimate of drug-likeness (QED) is 0.866. The monoisotopic (exact) mass is 378 g/mol. The predicted molar refractivity (Wildman–Crippen MR) is 108 cm³/mol. The molecule has 0 unspecified atom stereocenters. The Labute approximate surface area is 166 Å². The maximum atomic E-state index is 13.1. The van der Waals surface area contributed by atoms with E-state index < -0.39 is 0 Å². The topological polar surface area (TPSA) is 45.1 Å². The Balaban J connectivity index is 1.33. The number of carbonyl (C=O) groups is 2. The van der Waals surface area contributed by atoms with Gasteiger partial charge < -0.3 is 14.7 Å². The molecule has 2 amide bonds. The molecule has 1 atom stereocenters. The van der Waals surface area contributed by atoms with Crippen LogP contribution in [0.3, 0.4) is 0 Å². The maximum Gasteiger partial charge on any atom is 0.280 e. The third kappa shape index (κ3) is 3.80. The molecule has 2 heterocycles. The summed E-state index contributed by atoms with van der Waals surface area (Å²) >= 11 is 0. The average molecular weight is 378 g/mol. The number of nitrogens with zero attached hydrogens (tertiary/aromatic N) is 2. The van der Waals surface area contributed by atoms with Crippen LogP contribution in [0.1, 0.15) is 28.4 Å². The van der Waals surface area contributed by atoms with Crippen LogP contribution in [0.4, 0.5) is 0 Å². The van der Waals surface area contributed by atoms with Crippen LogP contribution in [-0.4, -0.2) is 60.4 Å². The summed E-state index contributed by atoms with van der Waals surface area (Å²) in [6.07, 6.45) is 0.934. The van der Waals surface area contributed by atoms with Gasteiger partial charge in [0.15, 0.2) is 6.04 Å². The third-order valence-electron chi connectivity index (χ3n) is 6.14. The minimum absolute atomic E-state index is 0.0701. The molecule has 2 aromatic carbocycles. The van der Waals surface area contributed by atoms with Gasteiger partial charge >= 0.3 is 0 Å². The number of hydrogen-bond donors (Lipinski definition) is 1. The van der Waals surface area contributed by atoms with Gasteiger partial charge in [-0.1, -0.05) is 42.5 Å². The molecule has 1 N–H and O–H groups in total. The Hall–Kier alpha value is -2.66. The van der Waals surface area contributed by atoms with Crippen molar-refractivity contribution in [3.63, 3.8) is 0 Å². The van der Waals surface area contributed by atoms with Gasteiger partial charge in [0.1, 0.15) is 0 Å². The largest absolute Gasteiger partial charge is 0.333 e. The van der Waals surface area contributed by atoms with Gasteiger partial charge in [0.05, 0.1) is 26.2 Å². The first kappa shape index (κ1) is 18.7. The van der Waals surface area contributed by atoms with Gasteiger partial charge in [0.25, 0.3) is 11.8 Å². The molecule has 4 rings (SSSR count). The van der Waals surface area contributed by atoms with Crippen LogP contribution in [0.25, 0.3) is 0 Å². The number of nitrogens with one attached hydrogen (secondary N) is 1. The third-order valence-corrected chi connectivity index (χ3v) is 6.14. The minimum atomic E-state index is -0.0701. The Morgan fingerprint density at radius 1 is 0.857 bits per heavy atom. The van der Waals surface area contributed by atoms with Gasteiger partial charge in [0, 0.05) is 18.7 Å². The molecule has 2 aromatic rings. The lowest BCUT2D eigenvalue weighted by Crippen LogP contribution is -3.19. The van der Waals surface area contributed by atoms with Crippen molar-refractivity contribution >= 4 is 11.8 Å². The van der Waals surface area contributed by atoms with Gasteiger partial charge in [-0.25, -0.2) is 0 Å². The molecular formula is C23H28N3O2+. The number of amides is 2. The van der Waals surface area contributed by atoms with E-state index >= 15 is 0 Å². The summed E-state index contributed by atoms with van der Waals surface area (Å²) < 4.78 is 0. The molecule has 5 heteroatoms. The van der Waals surface area contributed by atoms with Crippen LogP contribution in [0.15, 0.2) is 54.6 Å². The highest BCUT2D eigenvalue weighted by Gasteiger charge is 2.34. The zero-order chi connectivity index (χ0) is 19.5. The minimum Gasteiger partial charge on any atom is -0.333 e. The molecule has 0 aliphatic carbocycles. The molecular weight excluding hydrogens is 350 g/mol. The van der Waals surface area contributed by atoms with Crippen molar-refractivity contribution in [1.29, 1.82) is 0 Å². The standard InChI is InChI=1S/C23H27N3O2/c1-18(22(27)26-12-11-19-7-5-6-10-21(19)17-26)24-13-15-25(16-14-24)23(28)20-8-3-2-4-9-20/h2-10,18H,11-17H2,1H3/p+1/t18-/m1/s1. The van der Waals surface area contributed by atoms with Crippen LogP contribution in [0.5, 0.6) is 0 Å². The van der Waals surface area contributed by atoms with E-state index in [0.29, 0.717) is 19.6 Å². The van der Waals surface area contributed by atoms with Crippen molar-refractivity contribution in [1.82, 2.24) is 9.80 Å². The SMILES string of the molecule is C[C@H](C(=O)N1CCc2ccccc2C1)[NH+]1CCN(C(=O)c2ccccc2)CC1. The van der Waals surface area contributed by atoms with E-state index in [-0.39, 0.29) is 17.9 Å². The summed E-state index contributed by atoms with van der Waals surface area (Å²) in [4.78, 5) is 30.9. The molecule has 0 aromatic heterocycles. The fourth-order valence-corrected chi connectivity index (χ4v) is 4.33. The first-order chi connectivity index (χ1) is 13.6. The number of rotatable bonds is 3. The highest BCUT2D eigenvalue weighted by Crippen LogP contribution is 2.18. The van der Waals surface area contributed by atoms with Crippen molar-refractivity contribution < 1.29 is 14.5 Å². The first-order valence-electron chi connectivity index (χ1n) is 10.2. The zero-order valence-electron chi connectivity index (χ0n) is 16.4. The van der Waals surface area contributed by atoms with E-state index in [0.717, 1.165) is 31.6 Å². The average Bonchev–Trinajstić information content (AvgIpc) is 2.78. The summed E-state index contributed by atoms with van der Waals surface area (Å²) in [7, 11) is 0. The summed E-state index contributed by atoms with van der Waals surface area (Å²) in [6, 6.07) is 17.8. The van der Waals surface area contributed by atoms with E-state index in [1.165, 1.54) is 16.0 Å². The molecule has 2 aliphatic rings. The number of benzene rings is 2. The second kappa shape index (κ2) is 8.15. The van der Waals surface area contributed by atoms with E-state index in [9.17, 15) is 9.59 Å². The molecule has 0 radical (unpaired) electrons. The zero-order valence-corrected chi connectivity index (χ0v) is 16.4. The molecule has 28 heavy (non-hydrogen) atoms. The molecule has 1 fully saturated rings. The lowest BCUT2D eigenvalue weighted by molar-refractivity contribution is -0.918. The second-order valence-corrected chi connectivity index (χ2v) is 7.82. The first-order valence-corrected chi connectivity index (χ1v) is 10.2. The molecule has 5 nitrogen and oxygen atoms in total. The van der Waals surface area contributed by atoms with Crippen molar-refractivity contribution in [3.05, 3.63) is 71.3 Å². The van der Waals surface area contributed by atoms with Crippen LogP contribution in [0, 0.1) is 0 Å². The number of carbonyl (C=O) groups excluding carboxylic acids is 2. The predicted octanol–water partition coefficient (Wildman–Crippen LogP) is 1.00. The maximum absolute atomic E-state index is 13.1. The van der Waals surface area contributed by atoms with Gasteiger partial charge in [-0.05, 0) is 36.6 Å². The van der Waals surface area contributed by atoms with Crippen LogP contribution < -0.4 is 4.90 Å². The van der Waals surface area contributed by atoms with Crippen molar-refractivity contribution in [2.75, 3.05) is 32.7 Å². The Morgan fingerprint density at radius 3 is 2.21 bits per heavy atom. The number of piperazine rings is 1. The number of fused-ring (bicyclic) bond motifs is 1. The van der Waals surface area contributed by atoms with Gasteiger partial charge in [-0.2, -0.15) is 0 Å². The molecule has 146 valence electrons. The highest BCUT2D eigenvalue weighted by atomic mass is 16.2. The van der Waals surface area contributed by atoms with Crippen molar-refractivity contribution in [2.24, 2.45) is 0 Å². The van der Waals surface area contributed by atoms with E-state index in [1.807, 2.05) is 53.1 Å². The summed E-state index contributed by atoms with van der Waals surface area (Å²) in [5, 5.41) is 0.